The van der Waals surface area contributed by atoms with Gasteiger partial charge in [-0.15, -0.1) is 0 Å². The molecule has 2 heterocycles. The molecule has 0 aromatic heterocycles. The van der Waals surface area contributed by atoms with Crippen molar-refractivity contribution in [1.82, 2.24) is 10.6 Å². The van der Waals surface area contributed by atoms with Gasteiger partial charge in [-0.25, -0.2) is 4.79 Å². The van der Waals surface area contributed by atoms with Gasteiger partial charge in [0, 0.05) is 58.5 Å². The average molecular weight is 590 g/mol. The predicted molar refractivity (Wildman–Crippen MR) is 150 cm³/mol. The molecule has 0 radical (unpaired) electrons. The number of methoxy groups -OCH3 is 3. The quantitative estimate of drug-likeness (QED) is 0.110. The first kappa shape index (κ1) is 35.4. The zero-order chi connectivity index (χ0) is 31.0. The SMILES string of the molecule is C=C1C[C@](OC)([C@H](O)C(=O)N[C@@H](OC)[C@@H]2C[C@@H](O)C(C)(C)[C@@H](C[C@@H](COC(=O)NCCCN)OC)O2)O[C@H](C)[C@@H]1C. The van der Waals surface area contributed by atoms with Gasteiger partial charge >= 0.3 is 6.09 Å². The molecule has 6 N–H and O–H groups in total. The summed E-state index contributed by atoms with van der Waals surface area (Å²) < 4.78 is 34.2. The fourth-order valence-corrected chi connectivity index (χ4v) is 5.10. The van der Waals surface area contributed by atoms with Crippen LogP contribution < -0.4 is 16.4 Å². The molecule has 0 unspecified atom stereocenters. The minimum absolute atomic E-state index is 0.0280. The van der Waals surface area contributed by atoms with E-state index in [-0.39, 0.29) is 31.5 Å². The molecule has 2 amide bonds. The average Bonchev–Trinajstić information content (AvgIpc) is 2.94. The highest BCUT2D eigenvalue weighted by Crippen LogP contribution is 2.41. The largest absolute Gasteiger partial charge is 0.447 e. The van der Waals surface area contributed by atoms with Gasteiger partial charge in [0.25, 0.3) is 5.91 Å². The van der Waals surface area contributed by atoms with Crippen molar-refractivity contribution in [3.8, 4) is 0 Å². The number of ether oxygens (including phenoxy) is 6. The summed E-state index contributed by atoms with van der Waals surface area (Å²) in [6.07, 6.45) is -5.04. The summed E-state index contributed by atoms with van der Waals surface area (Å²) >= 11 is 0. The molecule has 2 rings (SSSR count). The fourth-order valence-electron chi connectivity index (χ4n) is 5.10. The minimum atomic E-state index is -1.69. The number of hydrogen-bond acceptors (Lipinski definition) is 11. The fraction of sp³-hybridized carbons (Fsp3) is 0.857. The highest BCUT2D eigenvalue weighted by Gasteiger charge is 2.51. The second-order valence-electron chi connectivity index (χ2n) is 11.5. The number of aliphatic hydroxyl groups excluding tert-OH is 2. The molecule has 0 spiro atoms. The van der Waals surface area contributed by atoms with E-state index >= 15 is 0 Å². The smallest absolute Gasteiger partial charge is 0.407 e. The summed E-state index contributed by atoms with van der Waals surface area (Å²) in [5.74, 6) is -2.36. The van der Waals surface area contributed by atoms with Crippen LogP contribution in [0.5, 0.6) is 0 Å². The molecule has 0 aromatic rings. The number of amides is 2. The van der Waals surface area contributed by atoms with Crippen LogP contribution in [0, 0.1) is 11.3 Å². The number of nitrogens with one attached hydrogen (secondary N) is 2. The maximum absolute atomic E-state index is 13.2. The molecule has 2 saturated heterocycles. The van der Waals surface area contributed by atoms with Crippen LogP contribution in [0.3, 0.4) is 0 Å². The lowest BCUT2D eigenvalue weighted by molar-refractivity contribution is -0.298. The van der Waals surface area contributed by atoms with Gasteiger partial charge in [-0.3, -0.25) is 4.79 Å². The number of aliphatic hydroxyl groups is 2. The van der Waals surface area contributed by atoms with Crippen LogP contribution in [0.25, 0.3) is 0 Å². The minimum Gasteiger partial charge on any atom is -0.447 e. The van der Waals surface area contributed by atoms with Gasteiger partial charge in [0.05, 0.1) is 24.4 Å². The van der Waals surface area contributed by atoms with Gasteiger partial charge in [-0.1, -0.05) is 32.9 Å². The second-order valence-corrected chi connectivity index (χ2v) is 11.5. The first-order chi connectivity index (χ1) is 19.3. The van der Waals surface area contributed by atoms with Gasteiger partial charge in [-0.05, 0) is 19.9 Å². The Balaban J connectivity index is 2.09. The Morgan fingerprint density at radius 1 is 1.22 bits per heavy atom. The summed E-state index contributed by atoms with van der Waals surface area (Å²) in [6.45, 7) is 12.4. The summed E-state index contributed by atoms with van der Waals surface area (Å²) in [5, 5.41) is 27.4. The van der Waals surface area contributed by atoms with Gasteiger partial charge in [0.1, 0.15) is 12.7 Å². The maximum atomic E-state index is 13.2. The predicted octanol–water partition coefficient (Wildman–Crippen LogP) is 0.805. The number of hydrogen-bond donors (Lipinski definition) is 5. The summed E-state index contributed by atoms with van der Waals surface area (Å²) in [5.41, 5.74) is 5.55. The molecule has 0 aliphatic carbocycles. The van der Waals surface area contributed by atoms with E-state index in [1.54, 1.807) is 0 Å². The van der Waals surface area contributed by atoms with E-state index in [0.717, 1.165) is 5.57 Å². The van der Waals surface area contributed by atoms with Crippen LogP contribution in [-0.2, 0) is 33.2 Å². The van der Waals surface area contributed by atoms with Gasteiger partial charge in [0.15, 0.2) is 12.3 Å². The van der Waals surface area contributed by atoms with Gasteiger partial charge in [-0.2, -0.15) is 0 Å². The number of nitrogens with two attached hydrogens (primary N) is 1. The molecule has 0 bridgehead atoms. The highest BCUT2D eigenvalue weighted by atomic mass is 16.7. The van der Waals surface area contributed by atoms with Gasteiger partial charge < -0.3 is 55.0 Å². The van der Waals surface area contributed by atoms with E-state index in [0.29, 0.717) is 25.9 Å². The van der Waals surface area contributed by atoms with Gasteiger partial charge in [0.2, 0.25) is 5.79 Å². The highest BCUT2D eigenvalue weighted by molar-refractivity contribution is 5.82. The van der Waals surface area contributed by atoms with Crippen molar-refractivity contribution in [3.63, 3.8) is 0 Å². The molecule has 13 heteroatoms. The third kappa shape index (κ3) is 8.83. The third-order valence-electron chi connectivity index (χ3n) is 8.44. The van der Waals surface area contributed by atoms with Crippen molar-refractivity contribution < 1.29 is 48.2 Å². The Morgan fingerprint density at radius 2 is 1.90 bits per heavy atom. The lowest BCUT2D eigenvalue weighted by Crippen LogP contribution is -2.62. The molecule has 0 aromatic carbocycles. The molecular formula is C28H51N3O10. The first-order valence-corrected chi connectivity index (χ1v) is 14.1. The number of alkyl carbamates (subject to hydrolysis) is 1. The van der Waals surface area contributed by atoms with Crippen LogP contribution in [0.4, 0.5) is 4.79 Å². The molecular weight excluding hydrogens is 538 g/mol. The third-order valence-corrected chi connectivity index (χ3v) is 8.44. The lowest BCUT2D eigenvalue weighted by atomic mass is 9.74. The number of carbonyl (C=O) groups excluding carboxylic acids is 2. The van der Waals surface area contributed by atoms with Crippen LogP contribution in [0.15, 0.2) is 12.2 Å². The van der Waals surface area contributed by atoms with Crippen LogP contribution in [0.1, 0.15) is 53.4 Å². The van der Waals surface area contributed by atoms with E-state index in [1.807, 2.05) is 27.7 Å². The van der Waals surface area contributed by atoms with E-state index in [1.165, 1.54) is 21.3 Å². The van der Waals surface area contributed by atoms with Crippen molar-refractivity contribution in [2.75, 3.05) is 41.0 Å². The van der Waals surface area contributed by atoms with Crippen molar-refractivity contribution in [1.29, 1.82) is 0 Å². The molecule has 238 valence electrons. The second kappa shape index (κ2) is 15.6. The summed E-state index contributed by atoms with van der Waals surface area (Å²) in [4.78, 5) is 25.2. The lowest BCUT2D eigenvalue weighted by Gasteiger charge is -2.48. The van der Waals surface area contributed by atoms with Crippen molar-refractivity contribution in [2.24, 2.45) is 17.1 Å². The molecule has 0 saturated carbocycles. The van der Waals surface area contributed by atoms with Crippen LogP contribution >= 0.6 is 0 Å². The number of carbonyl (C=O) groups is 2. The molecule has 9 atom stereocenters. The van der Waals surface area contributed by atoms with Crippen molar-refractivity contribution in [2.45, 2.75) is 102 Å². The molecule has 41 heavy (non-hydrogen) atoms. The monoisotopic (exact) mass is 589 g/mol. The van der Waals surface area contributed by atoms with E-state index in [4.69, 9.17) is 34.2 Å². The van der Waals surface area contributed by atoms with E-state index < -0.39 is 60.0 Å². The normalized spacial score (nSPS) is 32.0. The molecule has 13 nitrogen and oxygen atoms in total. The van der Waals surface area contributed by atoms with E-state index in [2.05, 4.69) is 17.2 Å². The van der Waals surface area contributed by atoms with Crippen molar-refractivity contribution in [3.05, 3.63) is 12.2 Å². The van der Waals surface area contributed by atoms with Crippen LogP contribution in [0.2, 0.25) is 0 Å². The van der Waals surface area contributed by atoms with Crippen molar-refractivity contribution >= 4 is 12.0 Å². The molecule has 2 fully saturated rings. The summed E-state index contributed by atoms with van der Waals surface area (Å²) in [6, 6.07) is 0. The van der Waals surface area contributed by atoms with Crippen LogP contribution in [-0.4, -0.2) is 112 Å². The topological polar surface area (TPSA) is 180 Å². The zero-order valence-corrected chi connectivity index (χ0v) is 25.5. The molecule has 2 aliphatic heterocycles. The van der Waals surface area contributed by atoms with E-state index in [9.17, 15) is 19.8 Å². The standard InChI is InChI=1S/C28H51N3O10/c1-16-14-28(38-8,41-18(3)17(16)2)23(33)24(34)31-25(37-7)20-13-21(32)27(4,5)22(40-20)12-19(36-6)15-39-26(35)30-11-9-10-29/h17-23,25,32-33H,1,9-15,29H2,2-8H3,(H,30,35)(H,31,34)/t17-,18-,19+,20+,21-,22-,23-,25+,28-/m1/s1. The molecule has 2 aliphatic rings. The Labute approximate surface area is 243 Å². The first-order valence-electron chi connectivity index (χ1n) is 14.1. The Morgan fingerprint density at radius 3 is 2.46 bits per heavy atom. The Bertz CT molecular complexity index is 874. The zero-order valence-electron chi connectivity index (χ0n) is 25.5. The Kier molecular flexibility index (Phi) is 13.4. The Hall–Kier alpha value is -1.84. The summed E-state index contributed by atoms with van der Waals surface area (Å²) in [7, 11) is 4.26. The number of rotatable bonds is 14. The maximum Gasteiger partial charge on any atom is 0.407 e.